The lowest BCUT2D eigenvalue weighted by Crippen LogP contribution is -1.88. The lowest BCUT2D eigenvalue weighted by atomic mass is 10.2. The Hall–Kier alpha value is -1.29. The van der Waals surface area contributed by atoms with E-state index in [-0.39, 0.29) is 5.69 Å². The van der Waals surface area contributed by atoms with Crippen LogP contribution in [0, 0.1) is 25.9 Å². The summed E-state index contributed by atoms with van der Waals surface area (Å²) in [5.41, 5.74) is 0.923. The summed E-state index contributed by atoms with van der Waals surface area (Å²) in [4.78, 5) is 12.9. The van der Waals surface area contributed by atoms with Gasteiger partial charge >= 0.3 is 0 Å². The second-order valence-corrected chi connectivity index (χ2v) is 3.64. The van der Waals surface area contributed by atoms with Crippen LogP contribution in [0.2, 0.25) is 0 Å². The van der Waals surface area contributed by atoms with Crippen LogP contribution >= 0.6 is 22.6 Å². The van der Waals surface area contributed by atoms with E-state index in [1.54, 1.807) is 0 Å². The molecule has 0 atom stereocenters. The third-order valence-corrected chi connectivity index (χ3v) is 2.52. The first kappa shape index (κ1) is 8.31. The van der Waals surface area contributed by atoms with Crippen molar-refractivity contribution in [1.82, 2.24) is 4.98 Å². The van der Waals surface area contributed by atoms with Crippen molar-refractivity contribution < 1.29 is 4.92 Å². The number of hydrogen-bond acceptors (Lipinski definition) is 2. The Morgan fingerprint density at radius 2 is 2.31 bits per heavy atom. The molecule has 0 aliphatic carbocycles. The molecule has 0 aliphatic rings. The van der Waals surface area contributed by atoms with Crippen molar-refractivity contribution >= 4 is 39.2 Å². The van der Waals surface area contributed by atoms with Gasteiger partial charge in [0.25, 0.3) is 5.69 Å². The van der Waals surface area contributed by atoms with Gasteiger partial charge in [0.15, 0.2) is 0 Å². The molecular weight excluding hydrogens is 283 g/mol. The minimum atomic E-state index is -0.414. The average Bonchev–Trinajstić information content (AvgIpc) is 2.51. The monoisotopic (exact) mass is 286 g/mol. The van der Waals surface area contributed by atoms with E-state index in [9.17, 15) is 10.1 Å². The standard InChI is InChI=1S/C8H3IN2O2/c9-7-4-6(11(12)13)3-5-1-2-10-8(5)7/h3-4,10H. The molecule has 4 nitrogen and oxygen atoms in total. The highest BCUT2D eigenvalue weighted by Crippen LogP contribution is 2.23. The molecular formula is C8H3IN2O2. The number of aromatic nitrogens is 1. The first-order valence-corrected chi connectivity index (χ1v) is 4.51. The van der Waals surface area contributed by atoms with Crippen molar-refractivity contribution in [2.45, 2.75) is 0 Å². The van der Waals surface area contributed by atoms with E-state index >= 15 is 0 Å². The van der Waals surface area contributed by atoms with Crippen LogP contribution < -0.4 is 0 Å². The number of halogens is 1. The molecule has 64 valence electrons. The summed E-state index contributed by atoms with van der Waals surface area (Å²) in [6.07, 6.45) is 2.67. The first-order valence-electron chi connectivity index (χ1n) is 3.43. The van der Waals surface area contributed by atoms with Crippen LogP contribution in [0.3, 0.4) is 0 Å². The predicted octanol–water partition coefficient (Wildman–Crippen LogP) is 2.28. The van der Waals surface area contributed by atoms with Gasteiger partial charge in [-0.3, -0.25) is 10.1 Å². The first-order chi connectivity index (χ1) is 6.18. The Morgan fingerprint density at radius 1 is 1.54 bits per heavy atom. The molecule has 0 saturated heterocycles. The van der Waals surface area contributed by atoms with Gasteiger partial charge in [0.2, 0.25) is 0 Å². The second kappa shape index (κ2) is 2.88. The number of hydrogen-bond donors (Lipinski definition) is 1. The van der Waals surface area contributed by atoms with Crippen molar-refractivity contribution in [2.75, 3.05) is 0 Å². The molecule has 0 spiro atoms. The molecule has 1 aromatic carbocycles. The minimum absolute atomic E-state index is 0.0844. The molecule has 0 unspecified atom stereocenters. The van der Waals surface area contributed by atoms with Crippen LogP contribution in [0.5, 0.6) is 0 Å². The van der Waals surface area contributed by atoms with Gasteiger partial charge in [-0.05, 0) is 28.7 Å². The Kier molecular flexibility index (Phi) is 1.84. The third kappa shape index (κ3) is 1.33. The minimum Gasteiger partial charge on any atom is -0.312 e. The van der Waals surface area contributed by atoms with Crippen LogP contribution in [-0.2, 0) is 0 Å². The zero-order valence-corrected chi connectivity index (χ0v) is 8.45. The van der Waals surface area contributed by atoms with Gasteiger partial charge in [-0.15, -0.1) is 0 Å². The molecule has 0 fully saturated rings. The van der Waals surface area contributed by atoms with Crippen molar-refractivity contribution in [3.63, 3.8) is 0 Å². The second-order valence-electron chi connectivity index (χ2n) is 2.48. The maximum absolute atomic E-state index is 10.5. The molecule has 0 radical (unpaired) electrons. The summed E-state index contributed by atoms with van der Waals surface area (Å²) in [7, 11) is 0. The van der Waals surface area contributed by atoms with Gasteiger partial charge in [0.05, 0.1) is 15.8 Å². The third-order valence-electron chi connectivity index (χ3n) is 1.67. The van der Waals surface area contributed by atoms with Gasteiger partial charge in [-0.25, -0.2) is 0 Å². The number of fused-ring (bicyclic) bond motifs is 1. The summed E-state index contributed by atoms with van der Waals surface area (Å²) < 4.78 is 0.805. The lowest BCUT2D eigenvalue weighted by molar-refractivity contribution is -0.384. The number of nitrogens with zero attached hydrogens (tertiary/aromatic N) is 1. The topological polar surface area (TPSA) is 58.9 Å². The van der Waals surface area contributed by atoms with Gasteiger partial charge in [0, 0.05) is 21.9 Å². The van der Waals surface area contributed by atoms with Gasteiger partial charge in [-0.1, -0.05) is 0 Å². The summed E-state index contributed by atoms with van der Waals surface area (Å²) in [6.45, 7) is 0. The van der Waals surface area contributed by atoms with Crippen LogP contribution in [0.15, 0.2) is 12.1 Å². The normalized spacial score (nSPS) is 9.92. The fourth-order valence-corrected chi connectivity index (χ4v) is 1.83. The van der Waals surface area contributed by atoms with Crippen LogP contribution in [0.1, 0.15) is 0 Å². The van der Waals surface area contributed by atoms with E-state index in [0.29, 0.717) is 5.39 Å². The number of aromatic amines is 1. The fourth-order valence-electron chi connectivity index (χ4n) is 1.08. The molecule has 13 heavy (non-hydrogen) atoms. The number of non-ortho nitro benzene ring substituents is 1. The van der Waals surface area contributed by atoms with E-state index in [1.165, 1.54) is 12.1 Å². The molecule has 0 bridgehead atoms. The van der Waals surface area contributed by atoms with Crippen molar-refractivity contribution in [2.24, 2.45) is 0 Å². The zero-order valence-electron chi connectivity index (χ0n) is 6.30. The maximum Gasteiger partial charge on any atom is 0.271 e. The largest absolute Gasteiger partial charge is 0.312 e. The molecule has 1 N–H and O–H groups in total. The average molecular weight is 286 g/mol. The molecule has 0 aliphatic heterocycles. The molecule has 1 aromatic heterocycles. The Bertz CT molecular complexity index is 478. The summed E-state index contributed by atoms with van der Waals surface area (Å²) in [5.74, 6) is 0. The van der Waals surface area contributed by atoms with E-state index < -0.39 is 4.92 Å². The van der Waals surface area contributed by atoms with Gasteiger partial charge in [-0.2, -0.15) is 0 Å². The molecule has 0 saturated carbocycles. The highest BCUT2D eigenvalue weighted by molar-refractivity contribution is 14.1. The van der Waals surface area contributed by atoms with E-state index in [0.717, 1.165) is 9.09 Å². The Balaban J connectivity index is 2.77. The smallest absolute Gasteiger partial charge is 0.271 e. The lowest BCUT2D eigenvalue weighted by Gasteiger charge is -1.94. The highest BCUT2D eigenvalue weighted by Gasteiger charge is 2.09. The summed E-state index contributed by atoms with van der Waals surface area (Å²) in [6, 6.07) is 5.76. The Morgan fingerprint density at radius 3 is 3.00 bits per heavy atom. The molecule has 2 aromatic rings. The zero-order chi connectivity index (χ0) is 9.42. The van der Waals surface area contributed by atoms with Crippen molar-refractivity contribution in [3.8, 4) is 0 Å². The van der Waals surface area contributed by atoms with E-state index in [1.807, 2.05) is 22.6 Å². The van der Waals surface area contributed by atoms with Crippen molar-refractivity contribution in [1.29, 1.82) is 0 Å². The maximum atomic E-state index is 10.5. The number of H-pyrrole nitrogens is 1. The number of nitro groups is 1. The summed E-state index contributed by atoms with van der Waals surface area (Å²) >= 11 is 2.04. The van der Waals surface area contributed by atoms with Crippen molar-refractivity contribution in [3.05, 3.63) is 38.1 Å². The van der Waals surface area contributed by atoms with Crippen LogP contribution in [0.25, 0.3) is 10.9 Å². The molecule has 1 heterocycles. The van der Waals surface area contributed by atoms with Crippen LogP contribution in [-0.4, -0.2) is 9.91 Å². The Labute approximate surface area is 87.2 Å². The SMILES string of the molecule is O=[N+]([O-])c1cc(I)c2[nH]c#cc2c1. The highest BCUT2D eigenvalue weighted by atomic mass is 127. The summed E-state index contributed by atoms with van der Waals surface area (Å²) in [5, 5.41) is 11.2. The number of rotatable bonds is 1. The molecule has 2 rings (SSSR count). The van der Waals surface area contributed by atoms with E-state index in [4.69, 9.17) is 0 Å². The quantitative estimate of drug-likeness (QED) is 0.496. The van der Waals surface area contributed by atoms with Gasteiger partial charge < -0.3 is 4.98 Å². The molecule has 5 heteroatoms. The predicted molar refractivity (Wildman–Crippen MR) is 55.3 cm³/mol. The van der Waals surface area contributed by atoms with E-state index in [2.05, 4.69) is 17.2 Å². The number of nitro benzene ring substituents is 1. The van der Waals surface area contributed by atoms with Crippen LogP contribution in [0.4, 0.5) is 5.69 Å². The fraction of sp³-hybridized carbons (Fsp3) is 0. The number of nitrogens with one attached hydrogen (secondary N) is 1. The van der Waals surface area contributed by atoms with Gasteiger partial charge in [0.1, 0.15) is 0 Å². The molecule has 0 amide bonds. The number of benzene rings is 1.